The van der Waals surface area contributed by atoms with E-state index in [0.717, 1.165) is 39.0 Å². The van der Waals surface area contributed by atoms with Crippen LogP contribution in [0, 0.1) is 0 Å². The SMILES string of the molecule is c1ccc(-c2c(-c3ccccc3)c3cc(N(c4cccc5ccccc45)c4cccc5c4oc4ccccc45)ccc3c3ccccc23)cc1. The first-order valence-electron chi connectivity index (χ1n) is 17.1. The zero-order chi connectivity index (χ0) is 33.0. The smallest absolute Gasteiger partial charge is 0.159 e. The Morgan fingerprint density at radius 2 is 0.880 bits per heavy atom. The van der Waals surface area contributed by atoms with Crippen LogP contribution in [-0.4, -0.2) is 0 Å². The number of rotatable bonds is 5. The molecule has 0 saturated carbocycles. The molecule has 50 heavy (non-hydrogen) atoms. The van der Waals surface area contributed by atoms with Crippen molar-refractivity contribution in [3.8, 4) is 22.3 Å². The molecule has 9 aromatic carbocycles. The van der Waals surface area contributed by atoms with Crippen molar-refractivity contribution in [1.29, 1.82) is 0 Å². The fourth-order valence-corrected chi connectivity index (χ4v) is 7.85. The summed E-state index contributed by atoms with van der Waals surface area (Å²) in [4.78, 5) is 2.39. The molecule has 0 atom stereocenters. The number of anilines is 3. The first kappa shape index (κ1) is 28.4. The van der Waals surface area contributed by atoms with Crippen LogP contribution >= 0.6 is 0 Å². The van der Waals surface area contributed by atoms with Crippen LogP contribution in [0.5, 0.6) is 0 Å². The summed E-state index contributed by atoms with van der Waals surface area (Å²) in [7, 11) is 0. The van der Waals surface area contributed by atoms with Gasteiger partial charge in [0.05, 0.1) is 11.4 Å². The molecule has 2 heteroatoms. The third kappa shape index (κ3) is 4.43. The maximum absolute atomic E-state index is 6.69. The van der Waals surface area contributed by atoms with Crippen LogP contribution in [0.2, 0.25) is 0 Å². The molecular weight excluding hydrogens is 607 g/mol. The third-order valence-corrected chi connectivity index (χ3v) is 10.0. The number of hydrogen-bond donors (Lipinski definition) is 0. The van der Waals surface area contributed by atoms with Gasteiger partial charge in [-0.1, -0.05) is 158 Å². The van der Waals surface area contributed by atoms with E-state index in [0.29, 0.717) is 0 Å². The van der Waals surface area contributed by atoms with Gasteiger partial charge in [-0.05, 0) is 79.5 Å². The van der Waals surface area contributed by atoms with Crippen molar-refractivity contribution in [2.75, 3.05) is 4.90 Å². The first-order chi connectivity index (χ1) is 24.8. The van der Waals surface area contributed by atoms with Gasteiger partial charge in [0.25, 0.3) is 0 Å². The fraction of sp³-hybridized carbons (Fsp3) is 0. The molecule has 10 rings (SSSR count). The van der Waals surface area contributed by atoms with Crippen LogP contribution in [-0.2, 0) is 0 Å². The molecule has 0 unspecified atom stereocenters. The zero-order valence-electron chi connectivity index (χ0n) is 27.3. The van der Waals surface area contributed by atoms with Crippen molar-refractivity contribution in [1.82, 2.24) is 0 Å². The number of furan rings is 1. The van der Waals surface area contributed by atoms with Crippen LogP contribution in [0.25, 0.3) is 76.5 Å². The molecule has 2 nitrogen and oxygen atoms in total. The zero-order valence-corrected chi connectivity index (χ0v) is 27.3. The van der Waals surface area contributed by atoms with Gasteiger partial charge >= 0.3 is 0 Å². The van der Waals surface area contributed by atoms with Gasteiger partial charge in [0.2, 0.25) is 0 Å². The average molecular weight is 638 g/mol. The normalized spacial score (nSPS) is 11.6. The summed E-state index contributed by atoms with van der Waals surface area (Å²) in [5.74, 6) is 0. The Morgan fingerprint density at radius 3 is 1.66 bits per heavy atom. The summed E-state index contributed by atoms with van der Waals surface area (Å²) < 4.78 is 6.69. The van der Waals surface area contributed by atoms with Crippen LogP contribution in [0.3, 0.4) is 0 Å². The fourth-order valence-electron chi connectivity index (χ4n) is 7.85. The predicted octanol–water partition coefficient (Wildman–Crippen LogP) is 13.8. The maximum Gasteiger partial charge on any atom is 0.159 e. The van der Waals surface area contributed by atoms with Crippen molar-refractivity contribution in [2.24, 2.45) is 0 Å². The molecule has 0 N–H and O–H groups in total. The number of hydrogen-bond acceptors (Lipinski definition) is 2. The molecule has 0 amide bonds. The van der Waals surface area contributed by atoms with Gasteiger partial charge in [0, 0.05) is 21.8 Å². The van der Waals surface area contributed by atoms with E-state index >= 15 is 0 Å². The minimum Gasteiger partial charge on any atom is -0.454 e. The van der Waals surface area contributed by atoms with E-state index in [9.17, 15) is 0 Å². The predicted molar refractivity (Wildman–Crippen MR) is 212 cm³/mol. The van der Waals surface area contributed by atoms with Crippen LogP contribution in [0.1, 0.15) is 0 Å². The summed E-state index contributed by atoms with van der Waals surface area (Å²) in [6.07, 6.45) is 0. The topological polar surface area (TPSA) is 16.4 Å². The van der Waals surface area contributed by atoms with Gasteiger partial charge in [-0.15, -0.1) is 0 Å². The molecule has 0 aliphatic heterocycles. The van der Waals surface area contributed by atoms with Gasteiger partial charge < -0.3 is 9.32 Å². The van der Waals surface area contributed by atoms with E-state index < -0.39 is 0 Å². The molecule has 0 bridgehead atoms. The Morgan fingerprint density at radius 1 is 0.340 bits per heavy atom. The van der Waals surface area contributed by atoms with E-state index in [2.05, 4.69) is 187 Å². The lowest BCUT2D eigenvalue weighted by Gasteiger charge is -2.28. The largest absolute Gasteiger partial charge is 0.454 e. The number of nitrogens with zero attached hydrogens (tertiary/aromatic N) is 1. The molecular formula is C48H31NO. The molecule has 0 spiro atoms. The van der Waals surface area contributed by atoms with E-state index in [1.54, 1.807) is 0 Å². The minimum absolute atomic E-state index is 0.869. The third-order valence-electron chi connectivity index (χ3n) is 10.0. The highest BCUT2D eigenvalue weighted by Crippen LogP contribution is 2.48. The van der Waals surface area contributed by atoms with Crippen LogP contribution < -0.4 is 4.90 Å². The van der Waals surface area contributed by atoms with Gasteiger partial charge in [-0.25, -0.2) is 0 Å². The van der Waals surface area contributed by atoms with Crippen LogP contribution in [0.15, 0.2) is 192 Å². The molecule has 0 aliphatic carbocycles. The summed E-state index contributed by atoms with van der Waals surface area (Å²) in [5, 5.41) is 9.50. The molecule has 10 aromatic rings. The Bertz CT molecular complexity index is 2860. The van der Waals surface area contributed by atoms with E-state index in [4.69, 9.17) is 4.42 Å². The second-order valence-corrected chi connectivity index (χ2v) is 12.8. The summed E-state index contributed by atoms with van der Waals surface area (Å²) in [6, 6.07) is 67.5. The van der Waals surface area contributed by atoms with Crippen molar-refractivity contribution in [3.63, 3.8) is 0 Å². The lowest BCUT2D eigenvalue weighted by atomic mass is 9.85. The lowest BCUT2D eigenvalue weighted by Crippen LogP contribution is -2.11. The molecule has 1 heterocycles. The second-order valence-electron chi connectivity index (χ2n) is 12.8. The minimum atomic E-state index is 0.869. The monoisotopic (exact) mass is 637 g/mol. The Balaban J connectivity index is 1.35. The summed E-state index contributed by atoms with van der Waals surface area (Å²) in [5.41, 5.74) is 9.78. The van der Waals surface area contributed by atoms with E-state index in [1.807, 2.05) is 6.07 Å². The standard InChI is InChI=1S/C48H31NO/c1-3-16-33(17-4-1)46-40-24-10-9-22-37(40)38-30-29-35(31-42(38)47(46)34-18-5-2-6-19-34)49(43-26-13-20-32-15-7-8-21-36(32)43)44-27-14-25-41-39-23-11-12-28-45(39)50-48(41)44/h1-31H. The highest BCUT2D eigenvalue weighted by Gasteiger charge is 2.23. The Labute approximate surface area is 290 Å². The lowest BCUT2D eigenvalue weighted by molar-refractivity contribution is 0.669. The number of benzene rings is 9. The summed E-state index contributed by atoms with van der Waals surface area (Å²) >= 11 is 0. The van der Waals surface area contributed by atoms with E-state index in [-0.39, 0.29) is 0 Å². The molecule has 0 saturated heterocycles. The molecule has 0 aliphatic rings. The molecule has 234 valence electrons. The van der Waals surface area contributed by atoms with E-state index in [1.165, 1.54) is 54.6 Å². The molecule has 0 fully saturated rings. The van der Waals surface area contributed by atoms with Crippen molar-refractivity contribution < 1.29 is 4.42 Å². The number of fused-ring (bicyclic) bond motifs is 7. The van der Waals surface area contributed by atoms with Crippen molar-refractivity contribution >= 4 is 71.3 Å². The highest BCUT2D eigenvalue weighted by molar-refractivity contribution is 6.22. The van der Waals surface area contributed by atoms with Gasteiger partial charge in [0.15, 0.2) is 5.58 Å². The van der Waals surface area contributed by atoms with Gasteiger partial charge in [-0.2, -0.15) is 0 Å². The second kappa shape index (κ2) is 11.5. The Kier molecular flexibility index (Phi) is 6.53. The quantitative estimate of drug-likeness (QED) is 0.175. The molecule has 1 aromatic heterocycles. The Hall–Kier alpha value is -6.64. The van der Waals surface area contributed by atoms with Gasteiger partial charge in [-0.3, -0.25) is 0 Å². The first-order valence-corrected chi connectivity index (χ1v) is 17.1. The van der Waals surface area contributed by atoms with Crippen molar-refractivity contribution in [2.45, 2.75) is 0 Å². The highest BCUT2D eigenvalue weighted by atomic mass is 16.3. The van der Waals surface area contributed by atoms with Crippen molar-refractivity contribution in [3.05, 3.63) is 188 Å². The van der Waals surface area contributed by atoms with Crippen LogP contribution in [0.4, 0.5) is 17.1 Å². The average Bonchev–Trinajstić information content (AvgIpc) is 3.58. The number of para-hydroxylation sites is 2. The molecule has 0 radical (unpaired) electrons. The van der Waals surface area contributed by atoms with Gasteiger partial charge in [0.1, 0.15) is 5.58 Å². The maximum atomic E-state index is 6.69. The summed E-state index contributed by atoms with van der Waals surface area (Å²) in [6.45, 7) is 0.